The van der Waals surface area contributed by atoms with E-state index in [0.29, 0.717) is 16.3 Å². The minimum absolute atomic E-state index is 0.0322. The Kier molecular flexibility index (Phi) is 4.45. The normalized spacial score (nSPS) is 14.2. The van der Waals surface area contributed by atoms with Crippen LogP contribution in [-0.4, -0.2) is 21.8 Å². The molecule has 1 aliphatic rings. The smallest absolute Gasteiger partial charge is 0.330 e. The molecular weight excluding hydrogens is 369 g/mol. The van der Waals surface area contributed by atoms with Gasteiger partial charge in [-0.2, -0.15) is 13.2 Å². The van der Waals surface area contributed by atoms with Crippen LogP contribution in [0.5, 0.6) is 0 Å². The second kappa shape index (κ2) is 6.82. The topological polar surface area (TPSA) is 53.2 Å². The highest BCUT2D eigenvalue weighted by molar-refractivity contribution is 5.96. The first-order valence-corrected chi connectivity index (χ1v) is 8.92. The van der Waals surface area contributed by atoms with Crippen LogP contribution in [0.2, 0.25) is 0 Å². The standard InChI is InChI=1S/C21H17F3N2O2/c22-21(23,24)15-7-5-13(6-8-15)12-26(16-9-10-16)20(28)18-11-14-3-1-2-4-17(14)19(27)25-18/h1-8,11,16H,9-10,12H2,(H,25,27). The average Bonchev–Trinajstić information content (AvgIpc) is 3.50. The third-order valence-electron chi connectivity index (χ3n) is 4.87. The Labute approximate surface area is 158 Å². The van der Waals surface area contributed by atoms with Crippen molar-refractivity contribution in [3.05, 3.63) is 81.8 Å². The lowest BCUT2D eigenvalue weighted by atomic mass is 10.1. The fourth-order valence-corrected chi connectivity index (χ4v) is 3.23. The summed E-state index contributed by atoms with van der Waals surface area (Å²) in [5, 5.41) is 1.17. The van der Waals surface area contributed by atoms with E-state index in [2.05, 4.69) is 4.98 Å². The van der Waals surface area contributed by atoms with Gasteiger partial charge in [0, 0.05) is 18.0 Å². The SMILES string of the molecule is O=C(c1cc2ccccc2c(=O)[nH]1)N(Cc1ccc(C(F)(F)F)cc1)C1CC1. The molecule has 3 aromatic rings. The van der Waals surface area contributed by atoms with Gasteiger partial charge in [-0.25, -0.2) is 0 Å². The van der Waals surface area contributed by atoms with Crippen LogP contribution in [-0.2, 0) is 12.7 Å². The fourth-order valence-electron chi connectivity index (χ4n) is 3.23. The summed E-state index contributed by atoms with van der Waals surface area (Å²) < 4.78 is 38.2. The highest BCUT2D eigenvalue weighted by Crippen LogP contribution is 2.32. The predicted octanol–water partition coefficient (Wildman–Crippen LogP) is 4.35. The van der Waals surface area contributed by atoms with E-state index in [1.807, 2.05) is 0 Å². The molecule has 144 valence electrons. The maximum absolute atomic E-state index is 13.0. The summed E-state index contributed by atoms with van der Waals surface area (Å²) >= 11 is 0. The van der Waals surface area contributed by atoms with Crippen LogP contribution >= 0.6 is 0 Å². The Morgan fingerprint density at radius 2 is 1.75 bits per heavy atom. The Balaban J connectivity index is 1.62. The average molecular weight is 386 g/mol. The molecule has 0 bridgehead atoms. The van der Waals surface area contributed by atoms with Crippen LogP contribution in [0, 0.1) is 0 Å². The first kappa shape index (κ1) is 18.3. The van der Waals surface area contributed by atoms with Crippen LogP contribution < -0.4 is 5.56 Å². The number of hydrogen-bond acceptors (Lipinski definition) is 2. The highest BCUT2D eigenvalue weighted by Gasteiger charge is 2.34. The number of nitrogens with one attached hydrogen (secondary N) is 1. The minimum atomic E-state index is -4.39. The lowest BCUT2D eigenvalue weighted by Crippen LogP contribution is -2.34. The van der Waals surface area contributed by atoms with E-state index < -0.39 is 11.7 Å². The first-order valence-electron chi connectivity index (χ1n) is 8.92. The van der Waals surface area contributed by atoms with Gasteiger partial charge >= 0.3 is 6.18 Å². The number of benzene rings is 2. The third-order valence-corrected chi connectivity index (χ3v) is 4.87. The number of H-pyrrole nitrogens is 1. The van der Waals surface area contributed by atoms with Crippen molar-refractivity contribution in [2.24, 2.45) is 0 Å². The van der Waals surface area contributed by atoms with Crippen LogP contribution in [0.25, 0.3) is 10.8 Å². The van der Waals surface area contributed by atoms with E-state index in [4.69, 9.17) is 0 Å². The lowest BCUT2D eigenvalue weighted by Gasteiger charge is -2.23. The van der Waals surface area contributed by atoms with E-state index in [1.54, 1.807) is 35.2 Å². The fraction of sp³-hybridized carbons (Fsp3) is 0.238. The van der Waals surface area contributed by atoms with Crippen molar-refractivity contribution in [3.63, 3.8) is 0 Å². The Bertz CT molecular complexity index is 1080. The number of aromatic nitrogens is 1. The summed E-state index contributed by atoms with van der Waals surface area (Å²) in [5.74, 6) is -0.328. The number of carbonyl (C=O) groups is 1. The maximum Gasteiger partial charge on any atom is 0.416 e. The first-order chi connectivity index (χ1) is 13.3. The van der Waals surface area contributed by atoms with E-state index >= 15 is 0 Å². The van der Waals surface area contributed by atoms with Crippen molar-refractivity contribution in [2.45, 2.75) is 31.6 Å². The number of pyridine rings is 1. The van der Waals surface area contributed by atoms with Crippen molar-refractivity contribution < 1.29 is 18.0 Å². The second-order valence-corrected chi connectivity index (χ2v) is 6.96. The Morgan fingerprint density at radius 3 is 2.39 bits per heavy atom. The molecule has 0 radical (unpaired) electrons. The summed E-state index contributed by atoms with van der Waals surface area (Å²) in [6.45, 7) is 0.191. The van der Waals surface area contributed by atoms with Gasteiger partial charge in [-0.1, -0.05) is 30.3 Å². The molecule has 1 aromatic heterocycles. The molecule has 1 aliphatic carbocycles. The van der Waals surface area contributed by atoms with Gasteiger partial charge in [0.05, 0.1) is 5.56 Å². The minimum Gasteiger partial charge on any atom is -0.330 e. The van der Waals surface area contributed by atoms with Crippen LogP contribution in [0.15, 0.2) is 59.4 Å². The predicted molar refractivity (Wildman–Crippen MR) is 98.9 cm³/mol. The van der Waals surface area contributed by atoms with Crippen molar-refractivity contribution >= 4 is 16.7 Å². The van der Waals surface area contributed by atoms with Gasteiger partial charge in [-0.15, -0.1) is 0 Å². The number of amides is 1. The number of carbonyl (C=O) groups excluding carboxylic acids is 1. The van der Waals surface area contributed by atoms with Gasteiger partial charge in [0.2, 0.25) is 0 Å². The van der Waals surface area contributed by atoms with E-state index in [0.717, 1.165) is 25.0 Å². The van der Waals surface area contributed by atoms with Crippen LogP contribution in [0.4, 0.5) is 13.2 Å². The molecule has 1 amide bonds. The molecule has 4 nitrogen and oxygen atoms in total. The van der Waals surface area contributed by atoms with E-state index in [9.17, 15) is 22.8 Å². The number of aromatic amines is 1. The lowest BCUT2D eigenvalue weighted by molar-refractivity contribution is -0.137. The molecule has 28 heavy (non-hydrogen) atoms. The summed E-state index contributed by atoms with van der Waals surface area (Å²) in [6.07, 6.45) is -2.72. The van der Waals surface area contributed by atoms with E-state index in [-0.39, 0.29) is 29.7 Å². The number of rotatable bonds is 4. The van der Waals surface area contributed by atoms with Gasteiger partial charge in [0.25, 0.3) is 11.5 Å². The largest absolute Gasteiger partial charge is 0.416 e. The van der Waals surface area contributed by atoms with Crippen LogP contribution in [0.3, 0.4) is 0 Å². The van der Waals surface area contributed by atoms with E-state index in [1.165, 1.54) is 12.1 Å². The summed E-state index contributed by atoms with van der Waals surface area (Å²) in [7, 11) is 0. The number of alkyl halides is 3. The molecule has 1 N–H and O–H groups in total. The molecule has 1 heterocycles. The van der Waals surface area contributed by atoms with Gasteiger partial charge in [-0.05, 0) is 48.1 Å². The molecule has 0 spiro atoms. The zero-order valence-electron chi connectivity index (χ0n) is 14.8. The molecule has 4 rings (SSSR count). The number of nitrogens with zero attached hydrogens (tertiary/aromatic N) is 1. The number of hydrogen-bond donors (Lipinski definition) is 1. The molecule has 0 aliphatic heterocycles. The zero-order valence-corrected chi connectivity index (χ0v) is 14.8. The molecule has 2 aromatic carbocycles. The molecule has 1 fully saturated rings. The van der Waals surface area contributed by atoms with Gasteiger partial charge < -0.3 is 9.88 Å². The highest BCUT2D eigenvalue weighted by atomic mass is 19.4. The third kappa shape index (κ3) is 3.65. The Hall–Kier alpha value is -3.09. The summed E-state index contributed by atoms with van der Waals surface area (Å²) in [4.78, 5) is 29.5. The van der Waals surface area contributed by atoms with Gasteiger partial charge in [0.1, 0.15) is 5.69 Å². The maximum atomic E-state index is 13.0. The van der Waals surface area contributed by atoms with Crippen molar-refractivity contribution in [1.82, 2.24) is 9.88 Å². The van der Waals surface area contributed by atoms with Crippen molar-refractivity contribution in [3.8, 4) is 0 Å². The van der Waals surface area contributed by atoms with Crippen molar-refractivity contribution in [2.75, 3.05) is 0 Å². The molecular formula is C21H17F3N2O2. The monoisotopic (exact) mass is 386 g/mol. The molecule has 0 unspecified atom stereocenters. The molecule has 0 atom stereocenters. The van der Waals surface area contributed by atoms with Crippen molar-refractivity contribution in [1.29, 1.82) is 0 Å². The molecule has 1 saturated carbocycles. The van der Waals surface area contributed by atoms with Gasteiger partial charge in [-0.3, -0.25) is 9.59 Å². The quantitative estimate of drug-likeness (QED) is 0.725. The zero-order chi connectivity index (χ0) is 19.9. The van der Waals surface area contributed by atoms with Crippen LogP contribution in [0.1, 0.15) is 34.5 Å². The molecule has 7 heteroatoms. The summed E-state index contributed by atoms with van der Waals surface area (Å²) in [6, 6.07) is 13.5. The van der Waals surface area contributed by atoms with Gasteiger partial charge in [0.15, 0.2) is 0 Å². The second-order valence-electron chi connectivity index (χ2n) is 6.96. The molecule has 0 saturated heterocycles. The summed E-state index contributed by atoms with van der Waals surface area (Å²) in [5.41, 5.74) is -0.273. The Morgan fingerprint density at radius 1 is 1.07 bits per heavy atom. The number of fused-ring (bicyclic) bond motifs is 1. The number of halogens is 3.